The number of carbonyl (C=O) groups is 1. The molecule has 3 unspecified atom stereocenters. The van der Waals surface area contributed by atoms with Crippen LogP contribution in [0.5, 0.6) is 0 Å². The second-order valence-electron chi connectivity index (χ2n) is 7.73. The Morgan fingerprint density at radius 3 is 2.67 bits per heavy atom. The summed E-state index contributed by atoms with van der Waals surface area (Å²) in [5.41, 5.74) is 2.55. The quantitative estimate of drug-likeness (QED) is 0.779. The highest BCUT2D eigenvalue weighted by Crippen LogP contribution is 2.44. The molecule has 0 aromatic carbocycles. The van der Waals surface area contributed by atoms with Crippen LogP contribution in [-0.4, -0.2) is 47.2 Å². The zero-order chi connectivity index (χ0) is 16.1. The molecule has 3 atom stereocenters. The minimum Gasteiger partial charge on any atom is -0.352 e. The highest BCUT2D eigenvalue weighted by Gasteiger charge is 2.41. The summed E-state index contributed by atoms with van der Waals surface area (Å²) in [6, 6.07) is 2.22. The number of nitrogens with zero attached hydrogens (tertiary/aromatic N) is 4. The van der Waals surface area contributed by atoms with E-state index in [1.807, 2.05) is 0 Å². The molecule has 1 amide bonds. The Morgan fingerprint density at radius 2 is 1.92 bits per heavy atom. The fourth-order valence-corrected chi connectivity index (χ4v) is 4.93. The maximum absolute atomic E-state index is 12.8. The van der Waals surface area contributed by atoms with Crippen molar-refractivity contribution in [3.8, 4) is 0 Å². The van der Waals surface area contributed by atoms with E-state index < -0.39 is 0 Å². The normalized spacial score (nSPS) is 30.9. The SMILES string of the molecule is O=C(C1CC2C=CC1C2)N1CCN(c2cc3c(nn2)CCC3)CC1. The first-order valence-corrected chi connectivity index (χ1v) is 9.35. The lowest BCUT2D eigenvalue weighted by atomic mass is 9.92. The van der Waals surface area contributed by atoms with Crippen LogP contribution in [0.25, 0.3) is 0 Å². The predicted molar refractivity (Wildman–Crippen MR) is 91.7 cm³/mol. The van der Waals surface area contributed by atoms with Gasteiger partial charge in [0.15, 0.2) is 5.82 Å². The lowest BCUT2D eigenvalue weighted by Crippen LogP contribution is -2.51. The zero-order valence-electron chi connectivity index (χ0n) is 14.0. The Morgan fingerprint density at radius 1 is 1.04 bits per heavy atom. The van der Waals surface area contributed by atoms with Gasteiger partial charge < -0.3 is 9.80 Å². The summed E-state index contributed by atoms with van der Waals surface area (Å²) in [4.78, 5) is 17.2. The molecule has 2 fully saturated rings. The van der Waals surface area contributed by atoms with E-state index in [1.165, 1.54) is 24.1 Å². The van der Waals surface area contributed by atoms with Crippen molar-refractivity contribution in [3.05, 3.63) is 29.5 Å². The maximum atomic E-state index is 12.8. The van der Waals surface area contributed by atoms with Crippen molar-refractivity contribution in [3.63, 3.8) is 0 Å². The van der Waals surface area contributed by atoms with Gasteiger partial charge in [0, 0.05) is 32.1 Å². The van der Waals surface area contributed by atoms with Crippen LogP contribution in [0.4, 0.5) is 5.82 Å². The number of rotatable bonds is 2. The molecule has 5 heteroatoms. The minimum atomic E-state index is 0.242. The molecule has 1 aromatic rings. The highest BCUT2D eigenvalue weighted by atomic mass is 16.2. The van der Waals surface area contributed by atoms with E-state index in [2.05, 4.69) is 38.2 Å². The van der Waals surface area contributed by atoms with Crippen molar-refractivity contribution in [2.45, 2.75) is 32.1 Å². The highest BCUT2D eigenvalue weighted by molar-refractivity contribution is 5.80. The molecule has 5 nitrogen and oxygen atoms in total. The predicted octanol–water partition coefficient (Wildman–Crippen LogP) is 1.83. The van der Waals surface area contributed by atoms with Crippen molar-refractivity contribution in [1.29, 1.82) is 0 Å². The van der Waals surface area contributed by atoms with Crippen LogP contribution in [0.3, 0.4) is 0 Å². The van der Waals surface area contributed by atoms with Crippen molar-refractivity contribution in [2.75, 3.05) is 31.1 Å². The first-order chi connectivity index (χ1) is 11.8. The summed E-state index contributed by atoms with van der Waals surface area (Å²) < 4.78 is 0. The minimum absolute atomic E-state index is 0.242. The molecular formula is C19H24N4O. The van der Waals surface area contributed by atoms with Crippen molar-refractivity contribution in [2.24, 2.45) is 17.8 Å². The third-order valence-corrected chi connectivity index (χ3v) is 6.32. The number of aryl methyl sites for hydroxylation is 2. The number of piperazine rings is 1. The van der Waals surface area contributed by atoms with Crippen LogP contribution < -0.4 is 4.90 Å². The summed E-state index contributed by atoms with van der Waals surface area (Å²) in [5, 5.41) is 8.81. The van der Waals surface area contributed by atoms with Crippen LogP contribution in [-0.2, 0) is 17.6 Å². The van der Waals surface area contributed by atoms with Gasteiger partial charge in [-0.2, -0.15) is 5.10 Å². The first kappa shape index (κ1) is 14.4. The number of amides is 1. The molecule has 0 radical (unpaired) electrons. The van der Waals surface area contributed by atoms with E-state index in [4.69, 9.17) is 0 Å². The van der Waals surface area contributed by atoms with Gasteiger partial charge in [0.2, 0.25) is 5.91 Å². The molecule has 126 valence electrons. The molecule has 2 heterocycles. The van der Waals surface area contributed by atoms with Gasteiger partial charge in [-0.3, -0.25) is 4.79 Å². The average Bonchev–Trinajstić information content (AvgIpc) is 3.36. The number of fused-ring (bicyclic) bond motifs is 3. The molecule has 24 heavy (non-hydrogen) atoms. The summed E-state index contributed by atoms with van der Waals surface area (Å²) in [7, 11) is 0. The van der Waals surface area contributed by atoms with Gasteiger partial charge in [-0.25, -0.2) is 0 Å². The molecule has 4 aliphatic rings. The molecule has 2 bridgehead atoms. The monoisotopic (exact) mass is 324 g/mol. The molecule has 1 saturated heterocycles. The molecule has 0 spiro atoms. The Labute approximate surface area is 142 Å². The van der Waals surface area contributed by atoms with Gasteiger partial charge in [0.25, 0.3) is 0 Å². The molecule has 0 N–H and O–H groups in total. The van der Waals surface area contributed by atoms with E-state index in [-0.39, 0.29) is 5.92 Å². The zero-order valence-corrected chi connectivity index (χ0v) is 14.0. The van der Waals surface area contributed by atoms with E-state index in [1.54, 1.807) is 0 Å². The standard InChI is InChI=1S/C19H24N4O/c24-19(16-11-13-4-5-14(16)10-13)23-8-6-22(7-9-23)18-12-15-2-1-3-17(15)20-21-18/h4-5,12-14,16H,1-3,6-11H2. The summed E-state index contributed by atoms with van der Waals surface area (Å²) in [5.74, 6) is 2.78. The Kier molecular flexibility index (Phi) is 3.35. The molecule has 1 aliphatic heterocycles. The van der Waals surface area contributed by atoms with Crippen LogP contribution in [0.2, 0.25) is 0 Å². The van der Waals surface area contributed by atoms with Gasteiger partial charge in [-0.1, -0.05) is 12.2 Å². The topological polar surface area (TPSA) is 49.3 Å². The Bertz CT molecular complexity index is 693. The molecule has 3 aliphatic carbocycles. The molecular weight excluding hydrogens is 300 g/mol. The maximum Gasteiger partial charge on any atom is 0.226 e. The summed E-state index contributed by atoms with van der Waals surface area (Å²) >= 11 is 0. The number of anilines is 1. The second kappa shape index (κ2) is 5.57. The van der Waals surface area contributed by atoms with E-state index in [0.717, 1.165) is 51.3 Å². The summed E-state index contributed by atoms with van der Waals surface area (Å²) in [6.07, 6.45) is 10.2. The van der Waals surface area contributed by atoms with E-state index in [0.29, 0.717) is 17.7 Å². The average molecular weight is 324 g/mol. The van der Waals surface area contributed by atoms with Crippen LogP contribution >= 0.6 is 0 Å². The van der Waals surface area contributed by atoms with Crippen LogP contribution in [0.15, 0.2) is 18.2 Å². The third kappa shape index (κ3) is 2.33. The summed E-state index contributed by atoms with van der Waals surface area (Å²) in [6.45, 7) is 3.37. The van der Waals surface area contributed by atoms with Crippen molar-refractivity contribution >= 4 is 11.7 Å². The van der Waals surface area contributed by atoms with E-state index in [9.17, 15) is 4.79 Å². The Balaban J connectivity index is 1.23. The number of carbonyl (C=O) groups excluding carboxylic acids is 1. The van der Waals surface area contributed by atoms with Crippen molar-refractivity contribution < 1.29 is 4.79 Å². The van der Waals surface area contributed by atoms with Crippen LogP contribution in [0.1, 0.15) is 30.5 Å². The number of allylic oxidation sites excluding steroid dienone is 2. The molecule has 5 rings (SSSR count). The lowest BCUT2D eigenvalue weighted by Gasteiger charge is -2.37. The number of aromatic nitrogens is 2. The second-order valence-corrected chi connectivity index (χ2v) is 7.73. The smallest absolute Gasteiger partial charge is 0.226 e. The fraction of sp³-hybridized carbons (Fsp3) is 0.632. The van der Waals surface area contributed by atoms with Gasteiger partial charge in [-0.15, -0.1) is 5.10 Å². The van der Waals surface area contributed by atoms with E-state index >= 15 is 0 Å². The lowest BCUT2D eigenvalue weighted by molar-refractivity contribution is -0.136. The Hall–Kier alpha value is -1.91. The van der Waals surface area contributed by atoms with Crippen LogP contribution in [0, 0.1) is 17.8 Å². The van der Waals surface area contributed by atoms with Gasteiger partial charge in [0.05, 0.1) is 5.69 Å². The van der Waals surface area contributed by atoms with Gasteiger partial charge in [0.1, 0.15) is 0 Å². The largest absolute Gasteiger partial charge is 0.352 e. The third-order valence-electron chi connectivity index (χ3n) is 6.32. The van der Waals surface area contributed by atoms with Crippen molar-refractivity contribution in [1.82, 2.24) is 15.1 Å². The molecule has 1 saturated carbocycles. The number of hydrogen-bond donors (Lipinski definition) is 0. The van der Waals surface area contributed by atoms with Gasteiger partial charge >= 0.3 is 0 Å². The molecule has 1 aromatic heterocycles. The van der Waals surface area contributed by atoms with Gasteiger partial charge in [-0.05, 0) is 55.6 Å². The fourth-order valence-electron chi connectivity index (χ4n) is 4.93. The first-order valence-electron chi connectivity index (χ1n) is 9.35. The number of hydrogen-bond acceptors (Lipinski definition) is 4.